The van der Waals surface area contributed by atoms with Gasteiger partial charge in [-0.1, -0.05) is 118 Å². The van der Waals surface area contributed by atoms with E-state index in [1.807, 2.05) is 27.2 Å². The van der Waals surface area contributed by atoms with Crippen LogP contribution < -0.4 is 0 Å². The van der Waals surface area contributed by atoms with Crippen molar-refractivity contribution >= 4 is 17.9 Å². The molecule has 8 heteroatoms. The molecule has 0 aliphatic rings. The lowest BCUT2D eigenvalue weighted by molar-refractivity contribution is -0.887. The van der Waals surface area contributed by atoms with Crippen LogP contribution in [0, 0.1) is 0 Å². The van der Waals surface area contributed by atoms with E-state index in [1.54, 1.807) is 0 Å². The Morgan fingerprint density at radius 3 is 1.62 bits per heavy atom. The average molecular weight is 741 g/mol. The summed E-state index contributed by atoms with van der Waals surface area (Å²) in [6, 6.07) is -0.627. The van der Waals surface area contributed by atoms with Gasteiger partial charge in [-0.25, -0.2) is 4.79 Å². The number of carboxylic acids is 1. The van der Waals surface area contributed by atoms with Crippen molar-refractivity contribution in [3.63, 3.8) is 0 Å². The maximum Gasteiger partial charge on any atom is 0.362 e. The fraction of sp³-hybridized carbons (Fsp3) is 0.622. The van der Waals surface area contributed by atoms with Crippen LogP contribution in [0.5, 0.6) is 0 Å². The van der Waals surface area contributed by atoms with E-state index in [-0.39, 0.29) is 42.7 Å². The van der Waals surface area contributed by atoms with Crippen LogP contribution >= 0.6 is 0 Å². The highest BCUT2D eigenvalue weighted by molar-refractivity contribution is 5.72. The van der Waals surface area contributed by atoms with E-state index in [0.29, 0.717) is 19.3 Å². The predicted molar refractivity (Wildman–Crippen MR) is 220 cm³/mol. The first kappa shape index (κ1) is 49.5. The lowest BCUT2D eigenvalue weighted by Gasteiger charge is -2.31. The first-order valence-corrected chi connectivity index (χ1v) is 20.1. The van der Waals surface area contributed by atoms with Gasteiger partial charge in [0.2, 0.25) is 0 Å². The molecule has 1 N–H and O–H groups in total. The average Bonchev–Trinajstić information content (AvgIpc) is 3.11. The molecule has 0 aliphatic carbocycles. The van der Waals surface area contributed by atoms with E-state index < -0.39 is 18.1 Å². The SMILES string of the molecule is CC/C=C/C/C=C/C/C=C/C/C=C/C/C=C/C/C=C/CCCCCC(=O)OCC(COCCC(C(=O)O)[N+](C)(C)C)OC(=O)CC/C=C/CCCCC. The number of hydrogen-bond acceptors (Lipinski definition) is 6. The smallest absolute Gasteiger partial charge is 0.362 e. The lowest BCUT2D eigenvalue weighted by atomic mass is 10.1. The zero-order valence-corrected chi connectivity index (χ0v) is 33.9. The van der Waals surface area contributed by atoms with E-state index in [0.717, 1.165) is 77.0 Å². The van der Waals surface area contributed by atoms with Crippen molar-refractivity contribution < 1.29 is 38.2 Å². The van der Waals surface area contributed by atoms with Crippen molar-refractivity contribution in [1.82, 2.24) is 0 Å². The molecule has 0 radical (unpaired) electrons. The van der Waals surface area contributed by atoms with Gasteiger partial charge in [-0.2, -0.15) is 0 Å². The number of allylic oxidation sites excluding steroid dienone is 14. The monoisotopic (exact) mass is 741 g/mol. The molecule has 0 amide bonds. The third-order valence-electron chi connectivity index (χ3n) is 8.29. The van der Waals surface area contributed by atoms with Crippen LogP contribution in [0.4, 0.5) is 0 Å². The van der Waals surface area contributed by atoms with Crippen LogP contribution in [0.2, 0.25) is 0 Å². The molecule has 300 valence electrons. The standard InChI is InChI=1S/C45H73NO7/c1-6-8-10-12-14-15-16-17-18-19-20-21-22-23-24-25-26-27-28-30-31-33-35-43(47)52-40-41(39-51-38-37-42(45(49)50)46(3,4)5)53-44(48)36-34-32-29-13-11-9-7-2/h8,10,14-15,17-18,20-21,23-24,26-27,29,32,41-42H,6-7,9,11-13,16,19,22,25,28,30-31,33-40H2,1-5H3/p+1/b10-8+,15-14+,18-17+,21-20+,24-23+,27-26+,32-29+. The van der Waals surface area contributed by atoms with Gasteiger partial charge in [0, 0.05) is 19.3 Å². The second-order valence-electron chi connectivity index (χ2n) is 14.1. The summed E-state index contributed by atoms with van der Waals surface area (Å²) in [6.07, 6.45) is 45.2. The molecule has 0 aromatic carbocycles. The number of aliphatic carboxylic acids is 1. The molecule has 0 spiro atoms. The molecular formula is C45H74NO7+. The van der Waals surface area contributed by atoms with Crippen molar-refractivity contribution in [2.75, 3.05) is 41.0 Å². The molecule has 0 saturated heterocycles. The van der Waals surface area contributed by atoms with Gasteiger partial charge in [0.05, 0.1) is 34.4 Å². The van der Waals surface area contributed by atoms with Crippen molar-refractivity contribution in [1.29, 1.82) is 0 Å². The van der Waals surface area contributed by atoms with Gasteiger partial charge in [0.15, 0.2) is 12.1 Å². The Hall–Kier alpha value is -3.49. The Labute approximate surface area is 323 Å². The van der Waals surface area contributed by atoms with Crippen molar-refractivity contribution in [3.05, 3.63) is 85.1 Å². The minimum absolute atomic E-state index is 0.0291. The molecule has 8 nitrogen and oxygen atoms in total. The molecule has 53 heavy (non-hydrogen) atoms. The number of rotatable bonds is 34. The quantitative estimate of drug-likeness (QED) is 0.0303. The number of quaternary nitrogens is 1. The third-order valence-corrected chi connectivity index (χ3v) is 8.29. The minimum atomic E-state index is -0.891. The Morgan fingerprint density at radius 2 is 1.09 bits per heavy atom. The summed E-state index contributed by atoms with van der Waals surface area (Å²) >= 11 is 0. The van der Waals surface area contributed by atoms with E-state index in [4.69, 9.17) is 14.2 Å². The van der Waals surface area contributed by atoms with Crippen molar-refractivity contribution in [2.45, 2.75) is 142 Å². The number of carboxylic acid groups (broad SMARTS) is 1. The second kappa shape index (κ2) is 35.5. The highest BCUT2D eigenvalue weighted by Crippen LogP contribution is 2.11. The second-order valence-corrected chi connectivity index (χ2v) is 14.1. The maximum atomic E-state index is 12.5. The summed E-state index contributed by atoms with van der Waals surface area (Å²) in [5, 5.41) is 9.57. The van der Waals surface area contributed by atoms with Crippen molar-refractivity contribution in [3.8, 4) is 0 Å². The number of esters is 2. The summed E-state index contributed by atoms with van der Waals surface area (Å²) in [5.41, 5.74) is 0. The normalized spacial score (nSPS) is 13.9. The predicted octanol–water partition coefficient (Wildman–Crippen LogP) is 10.6. The summed E-state index contributed by atoms with van der Waals surface area (Å²) in [7, 11) is 5.48. The highest BCUT2D eigenvalue weighted by atomic mass is 16.6. The van der Waals surface area contributed by atoms with Crippen LogP contribution in [0.3, 0.4) is 0 Å². The van der Waals surface area contributed by atoms with Crippen molar-refractivity contribution in [2.24, 2.45) is 0 Å². The van der Waals surface area contributed by atoms with E-state index in [2.05, 4.69) is 92.8 Å². The summed E-state index contributed by atoms with van der Waals surface area (Å²) in [4.78, 5) is 36.6. The summed E-state index contributed by atoms with van der Waals surface area (Å²) in [5.74, 6) is -1.60. The van der Waals surface area contributed by atoms with Crippen LogP contribution in [0.1, 0.15) is 129 Å². The largest absolute Gasteiger partial charge is 0.477 e. The Kier molecular flexibility index (Phi) is 33.2. The topological polar surface area (TPSA) is 99.1 Å². The molecular weight excluding hydrogens is 666 g/mol. The van der Waals surface area contributed by atoms with E-state index in [9.17, 15) is 19.5 Å². The molecule has 0 rings (SSSR count). The number of nitrogens with zero attached hydrogens (tertiary/aromatic N) is 1. The number of likely N-dealkylation sites (N-methyl/N-ethyl adjacent to an activating group) is 1. The molecule has 0 bridgehead atoms. The first-order chi connectivity index (χ1) is 25.6. The summed E-state index contributed by atoms with van der Waals surface area (Å²) < 4.78 is 17.1. The molecule has 0 aromatic rings. The Balaban J connectivity index is 4.35. The van der Waals surface area contributed by atoms with E-state index in [1.165, 1.54) is 12.8 Å². The molecule has 0 aliphatic heterocycles. The zero-order valence-electron chi connectivity index (χ0n) is 33.9. The molecule has 2 unspecified atom stereocenters. The zero-order chi connectivity index (χ0) is 39.3. The van der Waals surface area contributed by atoms with Gasteiger partial charge in [-0.05, 0) is 77.0 Å². The number of hydrogen-bond donors (Lipinski definition) is 1. The van der Waals surface area contributed by atoms with Crippen LogP contribution in [0.15, 0.2) is 85.1 Å². The number of carbonyl (C=O) groups excluding carboxylic acids is 2. The van der Waals surface area contributed by atoms with Gasteiger partial charge in [-0.3, -0.25) is 9.59 Å². The minimum Gasteiger partial charge on any atom is -0.477 e. The molecule has 0 aromatic heterocycles. The Bertz CT molecular complexity index is 1140. The van der Waals surface area contributed by atoms with Gasteiger partial charge < -0.3 is 23.8 Å². The summed E-state index contributed by atoms with van der Waals surface area (Å²) in [6.45, 7) is 4.44. The van der Waals surface area contributed by atoms with Gasteiger partial charge in [-0.15, -0.1) is 0 Å². The molecule has 0 heterocycles. The highest BCUT2D eigenvalue weighted by Gasteiger charge is 2.31. The molecule has 0 fully saturated rings. The fourth-order valence-corrected chi connectivity index (χ4v) is 5.17. The first-order valence-electron chi connectivity index (χ1n) is 20.1. The van der Waals surface area contributed by atoms with Gasteiger partial charge in [0.25, 0.3) is 0 Å². The number of unbranched alkanes of at least 4 members (excludes halogenated alkanes) is 6. The third kappa shape index (κ3) is 34.1. The molecule has 0 saturated carbocycles. The van der Waals surface area contributed by atoms with Crippen LogP contribution in [0.25, 0.3) is 0 Å². The Morgan fingerprint density at radius 1 is 0.585 bits per heavy atom. The van der Waals surface area contributed by atoms with Crippen LogP contribution in [-0.2, 0) is 28.6 Å². The fourth-order valence-electron chi connectivity index (χ4n) is 5.17. The van der Waals surface area contributed by atoms with Gasteiger partial charge >= 0.3 is 17.9 Å². The number of ether oxygens (including phenoxy) is 3. The van der Waals surface area contributed by atoms with E-state index >= 15 is 0 Å². The molecule has 2 atom stereocenters. The number of carbonyl (C=O) groups is 3. The van der Waals surface area contributed by atoms with Crippen LogP contribution in [-0.4, -0.2) is 80.6 Å². The lowest BCUT2D eigenvalue weighted by Crippen LogP contribution is -2.50. The van der Waals surface area contributed by atoms with Gasteiger partial charge in [0.1, 0.15) is 6.61 Å². The maximum absolute atomic E-state index is 12.5.